The van der Waals surface area contributed by atoms with Crippen molar-refractivity contribution in [2.45, 2.75) is 29.1 Å². The molecule has 1 fully saturated rings. The molecule has 3 rings (SSSR count). The quantitative estimate of drug-likeness (QED) is 0.891. The highest BCUT2D eigenvalue weighted by atomic mass is 32.2. The lowest BCUT2D eigenvalue weighted by atomic mass is 9.94. The lowest BCUT2D eigenvalue weighted by Gasteiger charge is -2.16. The number of carbonyl (C=O) groups is 1. The molecule has 2 amide bonds. The number of urea groups is 1. The van der Waals surface area contributed by atoms with Crippen LogP contribution in [0.5, 0.6) is 5.75 Å². The van der Waals surface area contributed by atoms with Gasteiger partial charge in [-0.25, -0.2) is 13.2 Å². The Bertz CT molecular complexity index is 923. The van der Waals surface area contributed by atoms with Crippen LogP contribution < -0.4 is 10.5 Å². The van der Waals surface area contributed by atoms with Gasteiger partial charge in [-0.3, -0.25) is 0 Å². The molecule has 138 valence electrons. The predicted molar refractivity (Wildman–Crippen MR) is 98.1 cm³/mol. The molecule has 1 saturated heterocycles. The summed E-state index contributed by atoms with van der Waals surface area (Å²) in [5.41, 5.74) is 7.30. The molecule has 2 aromatic carbocycles. The lowest BCUT2D eigenvalue weighted by Crippen LogP contribution is -2.33. The number of hydrogen-bond donors (Lipinski definition) is 1. The van der Waals surface area contributed by atoms with Crippen molar-refractivity contribution in [1.82, 2.24) is 4.90 Å². The average Bonchev–Trinajstić information content (AvgIpc) is 3.11. The first-order valence-electron chi connectivity index (χ1n) is 8.37. The van der Waals surface area contributed by atoms with Crippen molar-refractivity contribution >= 4 is 15.9 Å². The summed E-state index contributed by atoms with van der Waals surface area (Å²) in [6.45, 7) is 3.10. The van der Waals surface area contributed by atoms with Gasteiger partial charge in [-0.15, -0.1) is 0 Å². The van der Waals surface area contributed by atoms with E-state index in [2.05, 4.69) is 0 Å². The summed E-state index contributed by atoms with van der Waals surface area (Å²) in [4.78, 5) is 13.4. The number of aryl methyl sites for hydroxylation is 1. The van der Waals surface area contributed by atoms with Gasteiger partial charge in [0.1, 0.15) is 5.75 Å². The number of nitrogens with two attached hydrogens (primary N) is 1. The average molecular weight is 374 g/mol. The molecule has 1 aliphatic rings. The molecule has 2 N–H and O–H groups in total. The molecule has 7 heteroatoms. The Labute approximate surface area is 153 Å². The molecule has 0 saturated carbocycles. The van der Waals surface area contributed by atoms with Crippen LogP contribution in [0.3, 0.4) is 0 Å². The maximum absolute atomic E-state index is 12.8. The van der Waals surface area contributed by atoms with Gasteiger partial charge < -0.3 is 15.4 Å². The standard InChI is InChI=1S/C19H22N2O4S/c1-13-11-17(26(23,24)16-5-3-15(25-2)4-6-16)7-8-18(13)14-9-10-21(12-14)19(20)22/h3-8,11,14H,9-10,12H2,1-2H3,(H2,20,22). The minimum atomic E-state index is -3.59. The van der Waals surface area contributed by atoms with Gasteiger partial charge in [-0.1, -0.05) is 6.07 Å². The molecule has 1 unspecified atom stereocenters. The van der Waals surface area contributed by atoms with E-state index in [1.165, 1.54) is 7.11 Å². The third-order valence-corrected chi connectivity index (χ3v) is 6.63. The SMILES string of the molecule is COc1ccc(S(=O)(=O)c2ccc(C3CCN(C(N)=O)C3)c(C)c2)cc1. The number of amides is 2. The molecule has 0 aliphatic carbocycles. The Kier molecular flexibility index (Phi) is 4.91. The van der Waals surface area contributed by atoms with Crippen LogP contribution in [-0.2, 0) is 9.84 Å². The van der Waals surface area contributed by atoms with E-state index in [4.69, 9.17) is 10.5 Å². The Morgan fingerprint density at radius 2 is 1.81 bits per heavy atom. The summed E-state index contributed by atoms with van der Waals surface area (Å²) in [6.07, 6.45) is 0.828. The molecule has 0 spiro atoms. The van der Waals surface area contributed by atoms with Gasteiger partial charge in [0.2, 0.25) is 9.84 Å². The Morgan fingerprint density at radius 1 is 1.15 bits per heavy atom. The minimum Gasteiger partial charge on any atom is -0.497 e. The summed E-state index contributed by atoms with van der Waals surface area (Å²) < 4.78 is 30.8. The molecular formula is C19H22N2O4S. The van der Waals surface area contributed by atoms with Crippen LogP contribution in [-0.4, -0.2) is 39.5 Å². The number of hydrogen-bond acceptors (Lipinski definition) is 4. The molecule has 0 bridgehead atoms. The van der Waals surface area contributed by atoms with E-state index in [9.17, 15) is 13.2 Å². The smallest absolute Gasteiger partial charge is 0.314 e. The zero-order valence-corrected chi connectivity index (χ0v) is 15.6. The number of sulfone groups is 1. The Balaban J connectivity index is 1.88. The highest BCUT2D eigenvalue weighted by Gasteiger charge is 2.28. The van der Waals surface area contributed by atoms with Crippen molar-refractivity contribution in [1.29, 1.82) is 0 Å². The van der Waals surface area contributed by atoms with E-state index in [1.54, 1.807) is 41.3 Å². The highest BCUT2D eigenvalue weighted by Crippen LogP contribution is 2.32. The third-order valence-electron chi connectivity index (χ3n) is 4.86. The molecule has 0 radical (unpaired) electrons. The van der Waals surface area contributed by atoms with Gasteiger partial charge in [-0.2, -0.15) is 0 Å². The summed E-state index contributed by atoms with van der Waals surface area (Å²) in [7, 11) is -2.06. The second-order valence-electron chi connectivity index (χ2n) is 6.47. The number of ether oxygens (including phenoxy) is 1. The summed E-state index contributed by atoms with van der Waals surface area (Å²) in [5.74, 6) is 0.788. The fourth-order valence-electron chi connectivity index (χ4n) is 3.38. The van der Waals surface area contributed by atoms with Crippen LogP contribution in [0.1, 0.15) is 23.5 Å². The Hall–Kier alpha value is -2.54. The van der Waals surface area contributed by atoms with Crippen molar-refractivity contribution in [2.24, 2.45) is 5.73 Å². The van der Waals surface area contributed by atoms with Crippen molar-refractivity contribution in [2.75, 3.05) is 20.2 Å². The first-order valence-corrected chi connectivity index (χ1v) is 9.85. The van der Waals surface area contributed by atoms with E-state index >= 15 is 0 Å². The van der Waals surface area contributed by atoms with Crippen LogP contribution in [0.4, 0.5) is 4.79 Å². The number of rotatable bonds is 4. The van der Waals surface area contributed by atoms with Crippen molar-refractivity contribution in [3.63, 3.8) is 0 Å². The number of benzene rings is 2. The zero-order valence-electron chi connectivity index (χ0n) is 14.8. The first-order chi connectivity index (χ1) is 12.3. The molecule has 1 aliphatic heterocycles. The van der Waals surface area contributed by atoms with E-state index in [0.29, 0.717) is 18.8 Å². The van der Waals surface area contributed by atoms with Gasteiger partial charge in [0.05, 0.1) is 16.9 Å². The maximum atomic E-state index is 12.8. The fraction of sp³-hybridized carbons (Fsp3) is 0.316. The van der Waals surface area contributed by atoms with Gasteiger partial charge in [-0.05, 0) is 60.9 Å². The molecule has 2 aromatic rings. The van der Waals surface area contributed by atoms with Gasteiger partial charge in [0.25, 0.3) is 0 Å². The largest absolute Gasteiger partial charge is 0.497 e. The van der Waals surface area contributed by atoms with Crippen molar-refractivity contribution in [3.8, 4) is 5.75 Å². The number of primary amides is 1. The maximum Gasteiger partial charge on any atom is 0.314 e. The fourth-order valence-corrected chi connectivity index (χ4v) is 4.72. The number of nitrogens with zero attached hydrogens (tertiary/aromatic N) is 1. The van der Waals surface area contributed by atoms with E-state index in [0.717, 1.165) is 17.5 Å². The normalized spacial score (nSPS) is 17.3. The molecule has 1 atom stereocenters. The number of carbonyl (C=O) groups excluding carboxylic acids is 1. The second kappa shape index (κ2) is 6.99. The summed E-state index contributed by atoms with van der Waals surface area (Å²) in [6, 6.07) is 11.1. The monoisotopic (exact) mass is 374 g/mol. The van der Waals surface area contributed by atoms with E-state index in [-0.39, 0.29) is 15.7 Å². The van der Waals surface area contributed by atoms with Crippen LogP contribution in [0.25, 0.3) is 0 Å². The van der Waals surface area contributed by atoms with E-state index < -0.39 is 15.9 Å². The Morgan fingerprint density at radius 3 is 2.35 bits per heavy atom. The molecule has 6 nitrogen and oxygen atoms in total. The number of likely N-dealkylation sites (tertiary alicyclic amines) is 1. The van der Waals surface area contributed by atoms with E-state index in [1.807, 2.05) is 13.0 Å². The van der Waals surface area contributed by atoms with Crippen LogP contribution in [0.15, 0.2) is 52.3 Å². The van der Waals surface area contributed by atoms with Crippen molar-refractivity contribution < 1.29 is 17.9 Å². The lowest BCUT2D eigenvalue weighted by molar-refractivity contribution is 0.218. The molecular weight excluding hydrogens is 352 g/mol. The topological polar surface area (TPSA) is 89.7 Å². The molecule has 0 aromatic heterocycles. The van der Waals surface area contributed by atoms with Crippen molar-refractivity contribution in [3.05, 3.63) is 53.6 Å². The van der Waals surface area contributed by atoms with Gasteiger partial charge >= 0.3 is 6.03 Å². The van der Waals surface area contributed by atoms with Crippen LogP contribution in [0, 0.1) is 6.92 Å². The van der Waals surface area contributed by atoms with Crippen LogP contribution in [0.2, 0.25) is 0 Å². The van der Waals surface area contributed by atoms with Gasteiger partial charge in [0.15, 0.2) is 0 Å². The zero-order chi connectivity index (χ0) is 18.9. The number of methoxy groups -OCH3 is 1. The second-order valence-corrected chi connectivity index (χ2v) is 8.42. The minimum absolute atomic E-state index is 0.181. The summed E-state index contributed by atoms with van der Waals surface area (Å²) >= 11 is 0. The summed E-state index contributed by atoms with van der Waals surface area (Å²) in [5, 5.41) is 0. The molecule has 1 heterocycles. The highest BCUT2D eigenvalue weighted by molar-refractivity contribution is 7.91. The predicted octanol–water partition coefficient (Wildman–Crippen LogP) is 2.70. The van der Waals surface area contributed by atoms with Gasteiger partial charge in [0, 0.05) is 19.0 Å². The van der Waals surface area contributed by atoms with Crippen LogP contribution >= 0.6 is 0 Å². The first kappa shape index (κ1) is 18.3. The third kappa shape index (κ3) is 3.39. The molecule has 26 heavy (non-hydrogen) atoms.